The Labute approximate surface area is 115 Å². The van der Waals surface area contributed by atoms with Crippen molar-refractivity contribution >= 4 is 18.5 Å². The van der Waals surface area contributed by atoms with Crippen molar-refractivity contribution in [3.63, 3.8) is 0 Å². The number of aryl methyl sites for hydroxylation is 1. The van der Waals surface area contributed by atoms with Gasteiger partial charge in [0.2, 0.25) is 0 Å². The molecule has 6 heteroatoms. The summed E-state index contributed by atoms with van der Waals surface area (Å²) in [6.45, 7) is 2.02. The molecule has 19 heavy (non-hydrogen) atoms. The average Bonchev–Trinajstić information content (AvgIpc) is 2.40. The lowest BCUT2D eigenvalue weighted by Gasteiger charge is -2.06. The summed E-state index contributed by atoms with van der Waals surface area (Å²) in [6, 6.07) is 4.08. The number of nitrogens with zero attached hydrogens (tertiary/aromatic N) is 2. The normalized spacial score (nSPS) is 10.3. The fraction of sp³-hybridized carbons (Fsp3) is 0.154. The third-order valence-electron chi connectivity index (χ3n) is 2.46. The smallest absolute Gasteiger partial charge is 0.254 e. The van der Waals surface area contributed by atoms with Crippen LogP contribution in [0.2, 0.25) is 0 Å². The lowest BCUT2D eigenvalue weighted by Crippen LogP contribution is -2.24. The summed E-state index contributed by atoms with van der Waals surface area (Å²) in [7, 11) is 0. The van der Waals surface area contributed by atoms with Gasteiger partial charge in [0, 0.05) is 11.1 Å². The van der Waals surface area contributed by atoms with Crippen molar-refractivity contribution in [2.75, 3.05) is 0 Å². The molecule has 0 aliphatic carbocycles. The minimum Gasteiger partial charge on any atom is -0.346 e. The minimum absolute atomic E-state index is 0.0347. The van der Waals surface area contributed by atoms with E-state index in [2.05, 4.69) is 27.9 Å². The van der Waals surface area contributed by atoms with Gasteiger partial charge in [0.25, 0.3) is 5.91 Å². The average molecular weight is 277 g/mol. The predicted octanol–water partition coefficient (Wildman–Crippen LogP) is 2.14. The maximum absolute atomic E-state index is 13.5. The molecule has 1 aromatic heterocycles. The number of benzene rings is 1. The van der Waals surface area contributed by atoms with Gasteiger partial charge in [-0.3, -0.25) is 14.8 Å². The van der Waals surface area contributed by atoms with Gasteiger partial charge in [-0.1, -0.05) is 0 Å². The van der Waals surface area contributed by atoms with Gasteiger partial charge in [-0.05, 0) is 25.1 Å². The number of amides is 1. The van der Waals surface area contributed by atoms with E-state index in [9.17, 15) is 9.18 Å². The Morgan fingerprint density at radius 3 is 2.84 bits per heavy atom. The van der Waals surface area contributed by atoms with Gasteiger partial charge in [-0.25, -0.2) is 4.39 Å². The number of aromatic nitrogens is 2. The number of halogens is 1. The van der Waals surface area contributed by atoms with Crippen molar-refractivity contribution in [2.45, 2.75) is 18.4 Å². The Morgan fingerprint density at radius 1 is 1.37 bits per heavy atom. The summed E-state index contributed by atoms with van der Waals surface area (Å²) in [5.74, 6) is -1.08. The number of hydrogen-bond acceptors (Lipinski definition) is 4. The molecule has 4 nitrogen and oxygen atoms in total. The first-order chi connectivity index (χ1) is 9.06. The number of carbonyl (C=O) groups excluding carboxylic acids is 1. The molecule has 1 amide bonds. The maximum atomic E-state index is 13.5. The van der Waals surface area contributed by atoms with Crippen LogP contribution in [0.5, 0.6) is 0 Å². The zero-order chi connectivity index (χ0) is 13.8. The summed E-state index contributed by atoms with van der Waals surface area (Å²) in [6.07, 6.45) is 3.18. The summed E-state index contributed by atoms with van der Waals surface area (Å²) < 4.78 is 13.5. The molecule has 0 saturated carbocycles. The van der Waals surface area contributed by atoms with E-state index in [1.165, 1.54) is 18.2 Å². The Balaban J connectivity index is 2.05. The van der Waals surface area contributed by atoms with Crippen LogP contribution in [0, 0.1) is 12.7 Å². The highest BCUT2D eigenvalue weighted by Gasteiger charge is 2.11. The molecule has 0 bridgehead atoms. The van der Waals surface area contributed by atoms with Crippen LogP contribution >= 0.6 is 12.6 Å². The van der Waals surface area contributed by atoms with Crippen LogP contribution in [0.3, 0.4) is 0 Å². The predicted molar refractivity (Wildman–Crippen MR) is 71.6 cm³/mol. The zero-order valence-electron chi connectivity index (χ0n) is 10.2. The van der Waals surface area contributed by atoms with Crippen molar-refractivity contribution in [3.05, 3.63) is 53.4 Å². The summed E-state index contributed by atoms with van der Waals surface area (Å²) in [5.41, 5.74) is 1.37. The van der Waals surface area contributed by atoms with Gasteiger partial charge in [0.15, 0.2) is 0 Å². The molecule has 0 radical (unpaired) electrons. The van der Waals surface area contributed by atoms with Crippen LogP contribution in [0.1, 0.15) is 21.7 Å². The van der Waals surface area contributed by atoms with Crippen molar-refractivity contribution in [2.24, 2.45) is 0 Å². The highest BCUT2D eigenvalue weighted by molar-refractivity contribution is 7.80. The van der Waals surface area contributed by atoms with Crippen molar-refractivity contribution in [1.82, 2.24) is 15.3 Å². The molecule has 98 valence electrons. The first-order valence-electron chi connectivity index (χ1n) is 5.60. The van der Waals surface area contributed by atoms with E-state index in [0.717, 1.165) is 5.69 Å². The first-order valence-corrected chi connectivity index (χ1v) is 6.05. The van der Waals surface area contributed by atoms with E-state index in [1.807, 2.05) is 6.92 Å². The van der Waals surface area contributed by atoms with Crippen LogP contribution < -0.4 is 5.32 Å². The molecule has 0 spiro atoms. The van der Waals surface area contributed by atoms with Crippen LogP contribution in [0.15, 0.2) is 35.5 Å². The van der Waals surface area contributed by atoms with Gasteiger partial charge in [-0.15, -0.1) is 12.6 Å². The Kier molecular flexibility index (Phi) is 4.11. The van der Waals surface area contributed by atoms with E-state index in [1.54, 1.807) is 12.4 Å². The zero-order valence-corrected chi connectivity index (χ0v) is 11.1. The molecule has 0 aliphatic heterocycles. The SMILES string of the molecule is Cc1cnc(CNC(=O)c2cc(S)ccc2F)cn1. The fourth-order valence-corrected chi connectivity index (χ4v) is 1.67. The van der Waals surface area contributed by atoms with E-state index >= 15 is 0 Å². The van der Waals surface area contributed by atoms with Gasteiger partial charge < -0.3 is 5.32 Å². The molecule has 1 N–H and O–H groups in total. The fourth-order valence-electron chi connectivity index (χ4n) is 1.46. The van der Waals surface area contributed by atoms with E-state index < -0.39 is 11.7 Å². The molecule has 0 atom stereocenters. The molecule has 0 unspecified atom stereocenters. The molecular weight excluding hydrogens is 265 g/mol. The van der Waals surface area contributed by atoms with Crippen LogP contribution in [0.25, 0.3) is 0 Å². The highest BCUT2D eigenvalue weighted by Crippen LogP contribution is 2.13. The minimum atomic E-state index is -0.578. The first kappa shape index (κ1) is 13.5. The number of rotatable bonds is 3. The third-order valence-corrected chi connectivity index (χ3v) is 2.74. The third kappa shape index (κ3) is 3.51. The Hall–Kier alpha value is -1.95. The molecule has 0 fully saturated rings. The van der Waals surface area contributed by atoms with E-state index in [0.29, 0.717) is 10.6 Å². The van der Waals surface area contributed by atoms with Gasteiger partial charge in [0.05, 0.1) is 29.7 Å². The highest BCUT2D eigenvalue weighted by atomic mass is 32.1. The van der Waals surface area contributed by atoms with Crippen molar-refractivity contribution < 1.29 is 9.18 Å². The Morgan fingerprint density at radius 2 is 2.16 bits per heavy atom. The van der Waals surface area contributed by atoms with Gasteiger partial charge in [0.1, 0.15) is 5.82 Å². The second kappa shape index (κ2) is 5.79. The molecule has 0 saturated heterocycles. The quantitative estimate of drug-likeness (QED) is 0.845. The van der Waals surface area contributed by atoms with Crippen molar-refractivity contribution in [3.8, 4) is 0 Å². The van der Waals surface area contributed by atoms with E-state index in [-0.39, 0.29) is 12.1 Å². The number of thiol groups is 1. The molecule has 0 aliphatic rings. The van der Waals surface area contributed by atoms with Crippen LogP contribution in [-0.4, -0.2) is 15.9 Å². The monoisotopic (exact) mass is 277 g/mol. The summed E-state index contributed by atoms with van der Waals surface area (Å²) in [5, 5.41) is 2.59. The molecule has 1 aromatic carbocycles. The lowest BCUT2D eigenvalue weighted by atomic mass is 10.2. The number of hydrogen-bond donors (Lipinski definition) is 2. The molecule has 1 heterocycles. The Bertz CT molecular complexity index is 601. The second-order valence-electron chi connectivity index (χ2n) is 4.00. The molecular formula is C13H12FN3OS. The van der Waals surface area contributed by atoms with Crippen LogP contribution in [-0.2, 0) is 6.54 Å². The molecule has 2 rings (SSSR count). The number of nitrogens with one attached hydrogen (secondary N) is 1. The maximum Gasteiger partial charge on any atom is 0.254 e. The van der Waals surface area contributed by atoms with E-state index in [4.69, 9.17) is 0 Å². The van der Waals surface area contributed by atoms with Crippen molar-refractivity contribution in [1.29, 1.82) is 0 Å². The summed E-state index contributed by atoms with van der Waals surface area (Å²) in [4.78, 5) is 20.5. The topological polar surface area (TPSA) is 54.9 Å². The van der Waals surface area contributed by atoms with Crippen LogP contribution in [0.4, 0.5) is 4.39 Å². The summed E-state index contributed by atoms with van der Waals surface area (Å²) >= 11 is 4.08. The van der Waals surface area contributed by atoms with Gasteiger partial charge in [-0.2, -0.15) is 0 Å². The number of carbonyl (C=O) groups is 1. The van der Waals surface area contributed by atoms with Gasteiger partial charge >= 0.3 is 0 Å². The molecule has 2 aromatic rings. The largest absolute Gasteiger partial charge is 0.346 e. The second-order valence-corrected chi connectivity index (χ2v) is 4.51. The standard InChI is InChI=1S/C13H12FN3OS/c1-8-5-16-9(6-15-8)7-17-13(18)11-4-10(19)2-3-12(11)14/h2-6,19H,7H2,1H3,(H,17,18). The lowest BCUT2D eigenvalue weighted by molar-refractivity contribution is 0.0946.